The molecular formula is C28H28N6O5S. The molecule has 1 aliphatic rings. The molecule has 206 valence electrons. The van der Waals surface area contributed by atoms with Crippen LogP contribution in [0.25, 0.3) is 22.0 Å². The third-order valence-corrected chi connectivity index (χ3v) is 8.19. The lowest BCUT2D eigenvalue weighted by molar-refractivity contribution is -0.141. The lowest BCUT2D eigenvalue weighted by atomic mass is 10.0. The summed E-state index contributed by atoms with van der Waals surface area (Å²) >= 11 is 0. The molecule has 5 rings (SSSR count). The second-order valence-electron chi connectivity index (χ2n) is 9.27. The number of hydrogen-bond acceptors (Lipinski definition) is 10. The van der Waals surface area contributed by atoms with Crippen LogP contribution in [0.5, 0.6) is 0 Å². The Balaban J connectivity index is 1.44. The molecule has 0 saturated heterocycles. The van der Waals surface area contributed by atoms with Crippen molar-refractivity contribution in [2.24, 2.45) is 5.73 Å². The Morgan fingerprint density at radius 3 is 2.40 bits per heavy atom. The smallest absolute Gasteiger partial charge is 0.319 e. The normalized spacial score (nSPS) is 12.9. The molecule has 0 spiro atoms. The highest BCUT2D eigenvalue weighted by Crippen LogP contribution is 2.32. The number of sulfone groups is 1. The van der Waals surface area contributed by atoms with E-state index >= 15 is 0 Å². The van der Waals surface area contributed by atoms with Gasteiger partial charge in [0.2, 0.25) is 5.95 Å². The Morgan fingerprint density at radius 2 is 1.68 bits per heavy atom. The Morgan fingerprint density at radius 1 is 0.975 bits per heavy atom. The van der Waals surface area contributed by atoms with E-state index in [9.17, 15) is 18.0 Å². The van der Waals surface area contributed by atoms with E-state index in [2.05, 4.69) is 15.3 Å². The summed E-state index contributed by atoms with van der Waals surface area (Å²) in [4.78, 5) is 35.2. The van der Waals surface area contributed by atoms with Gasteiger partial charge in [-0.3, -0.25) is 14.9 Å². The van der Waals surface area contributed by atoms with E-state index in [1.807, 2.05) is 24.3 Å². The number of hydrogen-bond donors (Lipinski definition) is 3. The monoisotopic (exact) mass is 560 g/mol. The van der Waals surface area contributed by atoms with Crippen LogP contribution in [0.3, 0.4) is 0 Å². The summed E-state index contributed by atoms with van der Waals surface area (Å²) < 4.78 is 31.4. The zero-order valence-corrected chi connectivity index (χ0v) is 22.4. The first kappa shape index (κ1) is 27.2. The molecule has 1 aliphatic heterocycles. The third kappa shape index (κ3) is 5.64. The van der Waals surface area contributed by atoms with Crippen LogP contribution in [-0.4, -0.2) is 60.7 Å². The number of nitrogens with zero attached hydrogens (tertiary/aromatic N) is 3. The van der Waals surface area contributed by atoms with Crippen molar-refractivity contribution in [2.75, 3.05) is 31.3 Å². The topological polar surface area (TPSA) is 171 Å². The van der Waals surface area contributed by atoms with Gasteiger partial charge in [0.1, 0.15) is 18.2 Å². The minimum atomic E-state index is -3.78. The number of benzene rings is 3. The van der Waals surface area contributed by atoms with Crippen LogP contribution in [-0.2, 0) is 32.5 Å². The van der Waals surface area contributed by atoms with Crippen LogP contribution in [0, 0.1) is 0 Å². The minimum Gasteiger partial charge on any atom is -0.463 e. The van der Waals surface area contributed by atoms with Crippen molar-refractivity contribution in [3.63, 3.8) is 0 Å². The maximum Gasteiger partial charge on any atom is 0.319 e. The summed E-state index contributed by atoms with van der Waals surface area (Å²) in [6.45, 7) is 0.820. The second-order valence-corrected chi connectivity index (χ2v) is 11.2. The number of anilines is 1. The van der Waals surface area contributed by atoms with E-state index in [-0.39, 0.29) is 48.0 Å². The van der Waals surface area contributed by atoms with E-state index in [4.69, 9.17) is 16.2 Å². The molecule has 5 N–H and O–H groups in total. The summed E-state index contributed by atoms with van der Waals surface area (Å²) in [6.07, 6.45) is 0. The molecule has 1 aromatic heterocycles. The number of fused-ring (bicyclic) bond motifs is 2. The van der Waals surface area contributed by atoms with E-state index < -0.39 is 15.8 Å². The van der Waals surface area contributed by atoms with Gasteiger partial charge in [-0.05, 0) is 34.9 Å². The predicted octanol–water partition coefficient (Wildman–Crippen LogP) is 1.86. The molecule has 0 aliphatic carbocycles. The quantitative estimate of drug-likeness (QED) is 0.203. The molecule has 1 amide bonds. The molecule has 0 saturated carbocycles. The van der Waals surface area contributed by atoms with E-state index in [1.165, 1.54) is 6.07 Å². The van der Waals surface area contributed by atoms with E-state index in [0.29, 0.717) is 35.1 Å². The highest BCUT2D eigenvalue weighted by molar-refractivity contribution is 7.91. The van der Waals surface area contributed by atoms with Gasteiger partial charge in [0.15, 0.2) is 9.84 Å². The van der Waals surface area contributed by atoms with Gasteiger partial charge >= 0.3 is 5.97 Å². The zero-order valence-electron chi connectivity index (χ0n) is 21.5. The molecule has 0 fully saturated rings. The molecule has 0 atom stereocenters. The standard InChI is InChI=1S/C28H28N6O5S/c29-14-25(35)39-12-11-31-17-40(37,38)24-8-4-3-7-21(24)18-9-10-23-22(13-18)26(33-28(30)32-23)27(36)34-15-19-5-1-2-6-20(19)16-34/h1-10,13,31H,11-12,14-17,29H2,(H2,30,32,33). The first-order chi connectivity index (χ1) is 19.3. The van der Waals surface area contributed by atoms with Gasteiger partial charge in [0, 0.05) is 30.6 Å². The largest absolute Gasteiger partial charge is 0.463 e. The molecule has 0 radical (unpaired) electrons. The van der Waals surface area contributed by atoms with Crippen molar-refractivity contribution >= 4 is 38.6 Å². The summed E-state index contributed by atoms with van der Waals surface area (Å²) in [7, 11) is -3.78. The van der Waals surface area contributed by atoms with Crippen LogP contribution in [0.1, 0.15) is 21.6 Å². The number of nitrogen functional groups attached to an aromatic ring is 1. The molecule has 11 nitrogen and oxygen atoms in total. The zero-order chi connectivity index (χ0) is 28.3. The number of carbonyl (C=O) groups is 2. The molecule has 0 bridgehead atoms. The SMILES string of the molecule is NCC(=O)OCCNCS(=O)(=O)c1ccccc1-c1ccc2nc(N)nc(C(=O)N3Cc4ccccc4C3)c2c1. The first-order valence-corrected chi connectivity index (χ1v) is 14.2. The summed E-state index contributed by atoms with van der Waals surface area (Å²) in [5, 5.41) is 3.26. The Kier molecular flexibility index (Phi) is 7.74. The average molecular weight is 561 g/mol. The number of nitrogens with one attached hydrogen (secondary N) is 1. The van der Waals surface area contributed by atoms with Crippen molar-refractivity contribution < 1.29 is 22.7 Å². The fraction of sp³-hybridized carbons (Fsp3) is 0.214. The molecular weight excluding hydrogens is 532 g/mol. The number of esters is 1. The highest BCUT2D eigenvalue weighted by Gasteiger charge is 2.27. The lowest BCUT2D eigenvalue weighted by Gasteiger charge is -2.17. The molecule has 12 heteroatoms. The van der Waals surface area contributed by atoms with E-state index in [0.717, 1.165) is 11.1 Å². The molecule has 2 heterocycles. The maximum atomic E-state index is 13.6. The van der Waals surface area contributed by atoms with Crippen LogP contribution in [0.15, 0.2) is 71.6 Å². The Bertz CT molecular complexity index is 1680. The Labute approximate surface area is 231 Å². The van der Waals surface area contributed by atoms with Crippen molar-refractivity contribution in [3.05, 3.63) is 83.6 Å². The number of nitrogens with two attached hydrogens (primary N) is 2. The van der Waals surface area contributed by atoms with Gasteiger partial charge in [-0.1, -0.05) is 48.5 Å². The third-order valence-electron chi connectivity index (χ3n) is 6.58. The summed E-state index contributed by atoms with van der Waals surface area (Å²) in [5.74, 6) is -1.24. The van der Waals surface area contributed by atoms with Crippen LogP contribution < -0.4 is 16.8 Å². The number of amides is 1. The highest BCUT2D eigenvalue weighted by atomic mass is 32.2. The predicted molar refractivity (Wildman–Crippen MR) is 149 cm³/mol. The molecule has 3 aromatic carbocycles. The van der Waals surface area contributed by atoms with Crippen LogP contribution >= 0.6 is 0 Å². The average Bonchev–Trinajstić information content (AvgIpc) is 3.40. The van der Waals surface area contributed by atoms with Crippen molar-refractivity contribution in [1.29, 1.82) is 0 Å². The van der Waals surface area contributed by atoms with Gasteiger partial charge < -0.3 is 21.1 Å². The van der Waals surface area contributed by atoms with Crippen LogP contribution in [0.4, 0.5) is 5.95 Å². The van der Waals surface area contributed by atoms with E-state index in [1.54, 1.807) is 41.3 Å². The summed E-state index contributed by atoms with van der Waals surface area (Å²) in [5.41, 5.74) is 15.0. The first-order valence-electron chi connectivity index (χ1n) is 12.6. The van der Waals surface area contributed by atoms with Gasteiger partial charge in [0.25, 0.3) is 5.91 Å². The molecule has 40 heavy (non-hydrogen) atoms. The maximum absolute atomic E-state index is 13.6. The Hall–Kier alpha value is -4.39. The van der Waals surface area contributed by atoms with Gasteiger partial charge in [0.05, 0.1) is 17.0 Å². The second kappa shape index (κ2) is 11.4. The fourth-order valence-corrected chi connectivity index (χ4v) is 6.04. The lowest BCUT2D eigenvalue weighted by Crippen LogP contribution is -2.28. The number of carbonyl (C=O) groups excluding carboxylic acids is 2. The van der Waals surface area contributed by atoms with Gasteiger partial charge in [-0.25, -0.2) is 18.4 Å². The van der Waals surface area contributed by atoms with Crippen molar-refractivity contribution in [3.8, 4) is 11.1 Å². The number of ether oxygens (including phenoxy) is 1. The van der Waals surface area contributed by atoms with Crippen molar-refractivity contribution in [2.45, 2.75) is 18.0 Å². The van der Waals surface area contributed by atoms with Crippen LogP contribution in [0.2, 0.25) is 0 Å². The number of aromatic nitrogens is 2. The van der Waals surface area contributed by atoms with Gasteiger partial charge in [-0.15, -0.1) is 0 Å². The number of rotatable bonds is 9. The fourth-order valence-electron chi connectivity index (χ4n) is 4.66. The minimum absolute atomic E-state index is 0.0000890. The molecule has 0 unspecified atom stereocenters. The summed E-state index contributed by atoms with van der Waals surface area (Å²) in [6, 6.07) is 19.6. The van der Waals surface area contributed by atoms with Crippen molar-refractivity contribution in [1.82, 2.24) is 20.2 Å². The van der Waals surface area contributed by atoms with Gasteiger partial charge in [-0.2, -0.15) is 0 Å². The molecule has 4 aromatic rings.